The molecular weight excluding hydrogens is 342 g/mol. The molecule has 150 valence electrons. The normalized spacial score (nSPS) is 20.4. The topological polar surface area (TPSA) is 54.0 Å². The van der Waals surface area contributed by atoms with Crippen molar-refractivity contribution in [2.24, 2.45) is 0 Å². The quantitative estimate of drug-likeness (QED) is 0.786. The first-order chi connectivity index (χ1) is 13.2. The van der Waals surface area contributed by atoms with Gasteiger partial charge < -0.3 is 19.7 Å². The molecule has 0 radical (unpaired) electrons. The Bertz CT molecular complexity index is 579. The van der Waals surface area contributed by atoms with Gasteiger partial charge in [-0.15, -0.1) is 0 Å². The number of piperazine rings is 1. The van der Waals surface area contributed by atoms with E-state index in [0.717, 1.165) is 51.6 Å². The second kappa shape index (κ2) is 10.1. The highest BCUT2D eigenvalue weighted by Gasteiger charge is 2.22. The zero-order chi connectivity index (χ0) is 19.1. The molecule has 2 heterocycles. The summed E-state index contributed by atoms with van der Waals surface area (Å²) in [6, 6.07) is 8.60. The summed E-state index contributed by atoms with van der Waals surface area (Å²) in [5.74, 6) is 1.72. The van der Waals surface area contributed by atoms with Crippen molar-refractivity contribution in [2.45, 2.75) is 31.8 Å². The second-order valence-corrected chi connectivity index (χ2v) is 7.60. The number of nitrogens with zero attached hydrogens (tertiary/aromatic N) is 2. The van der Waals surface area contributed by atoms with Crippen LogP contribution in [-0.2, 0) is 9.53 Å². The van der Waals surface area contributed by atoms with Gasteiger partial charge in [0.2, 0.25) is 5.91 Å². The van der Waals surface area contributed by atoms with Crippen LogP contribution < -0.4 is 10.1 Å². The largest absolute Gasteiger partial charge is 0.487 e. The summed E-state index contributed by atoms with van der Waals surface area (Å²) in [4.78, 5) is 15.7. The minimum Gasteiger partial charge on any atom is -0.487 e. The molecule has 3 rings (SSSR count). The maximum absolute atomic E-state index is 11.5. The molecule has 0 unspecified atom stereocenters. The third-order valence-corrected chi connectivity index (χ3v) is 5.63. The predicted octanol–water partition coefficient (Wildman–Crippen LogP) is 1.71. The SMILES string of the molecule is COC[C@@H](CN1CCN(C(C)=O)CC1)Oc1ccc(C2CCNCC2)cc1. The van der Waals surface area contributed by atoms with E-state index in [1.807, 2.05) is 4.90 Å². The van der Waals surface area contributed by atoms with Gasteiger partial charge >= 0.3 is 0 Å². The molecule has 27 heavy (non-hydrogen) atoms. The Labute approximate surface area is 162 Å². The number of amides is 1. The van der Waals surface area contributed by atoms with Gasteiger partial charge in [-0.25, -0.2) is 0 Å². The van der Waals surface area contributed by atoms with E-state index in [1.54, 1.807) is 14.0 Å². The van der Waals surface area contributed by atoms with Gasteiger partial charge in [0.1, 0.15) is 11.9 Å². The van der Waals surface area contributed by atoms with E-state index in [4.69, 9.17) is 9.47 Å². The van der Waals surface area contributed by atoms with Gasteiger partial charge in [-0.2, -0.15) is 0 Å². The van der Waals surface area contributed by atoms with Gasteiger partial charge in [0.05, 0.1) is 6.61 Å². The summed E-state index contributed by atoms with van der Waals surface area (Å²) < 4.78 is 11.6. The number of methoxy groups -OCH3 is 1. The van der Waals surface area contributed by atoms with Crippen LogP contribution in [0, 0.1) is 0 Å². The number of rotatable bonds is 7. The molecule has 2 saturated heterocycles. The van der Waals surface area contributed by atoms with Crippen molar-refractivity contribution in [1.29, 1.82) is 0 Å². The predicted molar refractivity (Wildman–Crippen MR) is 106 cm³/mol. The first-order valence-corrected chi connectivity index (χ1v) is 10.1. The smallest absolute Gasteiger partial charge is 0.219 e. The van der Waals surface area contributed by atoms with Gasteiger partial charge in [0.15, 0.2) is 0 Å². The highest BCUT2D eigenvalue weighted by atomic mass is 16.5. The Morgan fingerprint density at radius 3 is 2.41 bits per heavy atom. The van der Waals surface area contributed by atoms with Gasteiger partial charge in [-0.05, 0) is 49.5 Å². The molecule has 0 spiro atoms. The number of carbonyl (C=O) groups excluding carboxylic acids is 1. The number of ether oxygens (including phenoxy) is 2. The molecule has 1 atom stereocenters. The van der Waals surface area contributed by atoms with E-state index >= 15 is 0 Å². The minimum atomic E-state index is -0.0105. The van der Waals surface area contributed by atoms with Crippen LogP contribution in [0.1, 0.15) is 31.2 Å². The molecule has 6 heteroatoms. The van der Waals surface area contributed by atoms with Crippen molar-refractivity contribution >= 4 is 5.91 Å². The molecule has 0 aromatic heterocycles. The van der Waals surface area contributed by atoms with Crippen LogP contribution in [0.3, 0.4) is 0 Å². The number of carbonyl (C=O) groups is 1. The molecule has 2 fully saturated rings. The van der Waals surface area contributed by atoms with E-state index in [0.29, 0.717) is 12.5 Å². The fourth-order valence-electron chi connectivity index (χ4n) is 4.01. The third kappa shape index (κ3) is 5.92. The maximum atomic E-state index is 11.5. The van der Waals surface area contributed by atoms with Gasteiger partial charge in [-0.1, -0.05) is 12.1 Å². The monoisotopic (exact) mass is 375 g/mol. The zero-order valence-corrected chi connectivity index (χ0v) is 16.7. The summed E-state index contributed by atoms with van der Waals surface area (Å²) in [5.41, 5.74) is 1.41. The molecule has 0 aliphatic carbocycles. The first-order valence-electron chi connectivity index (χ1n) is 10.1. The van der Waals surface area contributed by atoms with Crippen LogP contribution in [0.2, 0.25) is 0 Å². The second-order valence-electron chi connectivity index (χ2n) is 7.60. The Hall–Kier alpha value is -1.63. The van der Waals surface area contributed by atoms with E-state index in [2.05, 4.69) is 34.5 Å². The van der Waals surface area contributed by atoms with Crippen molar-refractivity contribution in [3.05, 3.63) is 29.8 Å². The summed E-state index contributed by atoms with van der Waals surface area (Å²) in [5, 5.41) is 3.42. The average molecular weight is 376 g/mol. The average Bonchev–Trinajstić information content (AvgIpc) is 2.70. The van der Waals surface area contributed by atoms with Gasteiger partial charge in [-0.3, -0.25) is 9.69 Å². The fraction of sp³-hybridized carbons (Fsp3) is 0.667. The lowest BCUT2D eigenvalue weighted by molar-refractivity contribution is -0.130. The molecule has 0 bridgehead atoms. The van der Waals surface area contributed by atoms with Gasteiger partial charge in [0, 0.05) is 46.8 Å². The van der Waals surface area contributed by atoms with Crippen LogP contribution in [0.15, 0.2) is 24.3 Å². The molecule has 1 aromatic rings. The number of hydrogen-bond donors (Lipinski definition) is 1. The zero-order valence-electron chi connectivity index (χ0n) is 16.7. The molecular formula is C21H33N3O3. The molecule has 6 nitrogen and oxygen atoms in total. The number of hydrogen-bond acceptors (Lipinski definition) is 5. The van der Waals surface area contributed by atoms with Crippen LogP contribution in [-0.4, -0.2) is 81.3 Å². The van der Waals surface area contributed by atoms with E-state index in [-0.39, 0.29) is 12.0 Å². The Morgan fingerprint density at radius 1 is 1.15 bits per heavy atom. The summed E-state index contributed by atoms with van der Waals surface area (Å²) >= 11 is 0. The minimum absolute atomic E-state index is 0.0105. The van der Waals surface area contributed by atoms with Crippen molar-refractivity contribution in [3.63, 3.8) is 0 Å². The maximum Gasteiger partial charge on any atom is 0.219 e. The standard InChI is InChI=1S/C21H33N3O3/c1-17(25)24-13-11-23(12-14-24)15-21(16-26-2)27-20-5-3-18(4-6-20)19-7-9-22-10-8-19/h3-6,19,21-22H,7-16H2,1-2H3/t21-/m1/s1. The van der Waals surface area contributed by atoms with Crippen molar-refractivity contribution in [2.75, 3.05) is 59.5 Å². The van der Waals surface area contributed by atoms with E-state index in [9.17, 15) is 4.79 Å². The highest BCUT2D eigenvalue weighted by Crippen LogP contribution is 2.27. The van der Waals surface area contributed by atoms with Crippen molar-refractivity contribution in [1.82, 2.24) is 15.1 Å². The lowest BCUT2D eigenvalue weighted by Crippen LogP contribution is -2.51. The third-order valence-electron chi connectivity index (χ3n) is 5.63. The van der Waals surface area contributed by atoms with Crippen molar-refractivity contribution in [3.8, 4) is 5.75 Å². The lowest BCUT2D eigenvalue weighted by atomic mass is 9.90. The van der Waals surface area contributed by atoms with E-state index < -0.39 is 0 Å². The Kier molecular flexibility index (Phi) is 7.50. The van der Waals surface area contributed by atoms with Crippen molar-refractivity contribution < 1.29 is 14.3 Å². The van der Waals surface area contributed by atoms with Gasteiger partial charge in [0.25, 0.3) is 0 Å². The number of nitrogens with one attached hydrogen (secondary N) is 1. The van der Waals surface area contributed by atoms with Crippen LogP contribution in [0.5, 0.6) is 5.75 Å². The fourth-order valence-corrected chi connectivity index (χ4v) is 4.01. The number of benzene rings is 1. The number of piperidine rings is 1. The highest BCUT2D eigenvalue weighted by molar-refractivity contribution is 5.73. The van der Waals surface area contributed by atoms with E-state index in [1.165, 1.54) is 18.4 Å². The van der Waals surface area contributed by atoms with Crippen LogP contribution >= 0.6 is 0 Å². The molecule has 1 N–H and O–H groups in total. The molecule has 2 aliphatic heterocycles. The Morgan fingerprint density at radius 2 is 1.81 bits per heavy atom. The summed E-state index contributed by atoms with van der Waals surface area (Å²) in [6.45, 7) is 8.58. The Balaban J connectivity index is 1.52. The first kappa shape index (κ1) is 20.1. The molecule has 1 aromatic carbocycles. The molecule has 1 amide bonds. The van der Waals surface area contributed by atoms with Crippen LogP contribution in [0.4, 0.5) is 0 Å². The summed E-state index contributed by atoms with van der Waals surface area (Å²) in [6.07, 6.45) is 2.40. The lowest BCUT2D eigenvalue weighted by Gasteiger charge is -2.35. The molecule has 0 saturated carbocycles. The summed E-state index contributed by atoms with van der Waals surface area (Å²) in [7, 11) is 1.71. The van der Waals surface area contributed by atoms with Crippen LogP contribution in [0.25, 0.3) is 0 Å². The molecule has 2 aliphatic rings.